The van der Waals surface area contributed by atoms with Crippen molar-refractivity contribution in [1.29, 1.82) is 0 Å². The number of nitrogens with zero attached hydrogens (tertiary/aromatic N) is 5. The first kappa shape index (κ1) is 18.3. The highest BCUT2D eigenvalue weighted by Crippen LogP contribution is 2.29. The maximum Gasteiger partial charge on any atom is 0.307 e. The van der Waals surface area contributed by atoms with Crippen LogP contribution in [-0.4, -0.2) is 50.7 Å². The van der Waals surface area contributed by atoms with Gasteiger partial charge in [0.2, 0.25) is 0 Å². The summed E-state index contributed by atoms with van der Waals surface area (Å²) >= 11 is 0. The number of aromatic nitrogens is 2. The Balaban J connectivity index is 1.45. The van der Waals surface area contributed by atoms with Gasteiger partial charge in [-0.25, -0.2) is 0 Å². The third-order valence-electron chi connectivity index (χ3n) is 5.18. The van der Waals surface area contributed by atoms with Crippen LogP contribution in [0.25, 0.3) is 0 Å². The Kier molecular flexibility index (Phi) is 5.45. The third kappa shape index (κ3) is 4.11. The second-order valence-corrected chi connectivity index (χ2v) is 7.01. The predicted octanol–water partition coefficient (Wildman–Crippen LogP) is 3.16. The molecule has 7 heteroatoms. The molecule has 2 aromatic carbocycles. The zero-order valence-corrected chi connectivity index (χ0v) is 15.6. The summed E-state index contributed by atoms with van der Waals surface area (Å²) in [5.41, 5.74) is 2.63. The van der Waals surface area contributed by atoms with Crippen LogP contribution in [0.3, 0.4) is 0 Å². The minimum Gasteiger partial charge on any atom is -0.290 e. The lowest BCUT2D eigenvalue weighted by Crippen LogP contribution is -2.48. The van der Waals surface area contributed by atoms with Crippen LogP contribution in [0.4, 0.5) is 5.69 Å². The van der Waals surface area contributed by atoms with E-state index in [0.717, 1.165) is 26.2 Å². The van der Waals surface area contributed by atoms with Gasteiger partial charge in [0.25, 0.3) is 0 Å². The molecule has 1 saturated heterocycles. The highest BCUT2D eigenvalue weighted by atomic mass is 16.6. The first-order chi connectivity index (χ1) is 13.7. The summed E-state index contributed by atoms with van der Waals surface area (Å²) in [4.78, 5) is 15.2. The van der Waals surface area contributed by atoms with Crippen LogP contribution < -0.4 is 0 Å². The molecule has 3 aromatic rings. The highest BCUT2D eigenvalue weighted by molar-refractivity contribution is 5.32. The first-order valence-electron chi connectivity index (χ1n) is 9.44. The van der Waals surface area contributed by atoms with Gasteiger partial charge in [-0.05, 0) is 11.1 Å². The maximum atomic E-state index is 10.8. The monoisotopic (exact) mass is 377 g/mol. The van der Waals surface area contributed by atoms with Gasteiger partial charge in [-0.3, -0.25) is 24.6 Å². The van der Waals surface area contributed by atoms with E-state index >= 15 is 0 Å². The molecule has 1 aromatic heterocycles. The second kappa shape index (κ2) is 8.33. The highest BCUT2D eigenvalue weighted by Gasteiger charge is 2.26. The minimum atomic E-state index is -0.411. The van der Waals surface area contributed by atoms with Crippen molar-refractivity contribution in [3.63, 3.8) is 0 Å². The lowest BCUT2D eigenvalue weighted by atomic mass is 9.96. The first-order valence-corrected chi connectivity index (χ1v) is 9.44. The van der Waals surface area contributed by atoms with Crippen molar-refractivity contribution in [2.75, 3.05) is 26.2 Å². The summed E-state index contributed by atoms with van der Waals surface area (Å²) < 4.78 is 1.64. The molecule has 1 aliphatic heterocycles. The number of hydrogen-bond donors (Lipinski definition) is 0. The Hall–Kier alpha value is -3.03. The second-order valence-electron chi connectivity index (χ2n) is 7.01. The largest absolute Gasteiger partial charge is 0.307 e. The molecule has 0 saturated carbocycles. The van der Waals surface area contributed by atoms with Crippen molar-refractivity contribution in [2.24, 2.45) is 0 Å². The Labute approximate surface area is 164 Å². The number of benzene rings is 2. The Morgan fingerprint density at radius 3 is 2.00 bits per heavy atom. The quantitative estimate of drug-likeness (QED) is 0.488. The lowest BCUT2D eigenvalue weighted by molar-refractivity contribution is -0.385. The van der Waals surface area contributed by atoms with Crippen LogP contribution in [-0.2, 0) is 6.67 Å². The lowest BCUT2D eigenvalue weighted by Gasteiger charge is -2.39. The zero-order chi connectivity index (χ0) is 19.3. The third-order valence-corrected chi connectivity index (χ3v) is 5.18. The normalized spacial score (nSPS) is 15.8. The SMILES string of the molecule is O=[N+]([O-])c1cnn(CN2CCN(C(c3ccccc3)c3ccccc3)CC2)c1. The van der Waals surface area contributed by atoms with Gasteiger partial charge < -0.3 is 0 Å². The molecule has 28 heavy (non-hydrogen) atoms. The molecule has 0 aliphatic carbocycles. The van der Waals surface area contributed by atoms with E-state index < -0.39 is 4.92 Å². The van der Waals surface area contributed by atoms with E-state index in [1.54, 1.807) is 4.68 Å². The van der Waals surface area contributed by atoms with Gasteiger partial charge in [0.1, 0.15) is 12.4 Å². The molecule has 0 amide bonds. The topological polar surface area (TPSA) is 67.4 Å². The van der Waals surface area contributed by atoms with Crippen molar-refractivity contribution >= 4 is 5.69 Å². The Morgan fingerprint density at radius 1 is 0.929 bits per heavy atom. The summed E-state index contributed by atoms with van der Waals surface area (Å²) in [5, 5.41) is 14.9. The van der Waals surface area contributed by atoms with Crippen LogP contribution in [0.2, 0.25) is 0 Å². The van der Waals surface area contributed by atoms with Gasteiger partial charge in [0.05, 0.1) is 17.6 Å². The van der Waals surface area contributed by atoms with E-state index in [0.29, 0.717) is 6.67 Å². The fourth-order valence-electron chi connectivity index (χ4n) is 3.78. The van der Waals surface area contributed by atoms with Gasteiger partial charge in [-0.2, -0.15) is 5.10 Å². The molecule has 0 N–H and O–H groups in total. The van der Waals surface area contributed by atoms with Crippen molar-refractivity contribution in [3.05, 3.63) is 94.3 Å². The fraction of sp³-hybridized carbons (Fsp3) is 0.286. The molecule has 0 bridgehead atoms. The van der Waals surface area contributed by atoms with Gasteiger partial charge in [-0.15, -0.1) is 0 Å². The minimum absolute atomic E-state index is 0.0341. The van der Waals surface area contributed by atoms with E-state index in [1.165, 1.54) is 23.5 Å². The number of nitro groups is 1. The van der Waals surface area contributed by atoms with E-state index in [9.17, 15) is 10.1 Å². The van der Waals surface area contributed by atoms with Gasteiger partial charge in [0, 0.05) is 26.2 Å². The molecule has 1 fully saturated rings. The van der Waals surface area contributed by atoms with Crippen molar-refractivity contribution in [3.8, 4) is 0 Å². The number of rotatable bonds is 6. The summed E-state index contributed by atoms with van der Waals surface area (Å²) in [6.07, 6.45) is 2.79. The smallest absolute Gasteiger partial charge is 0.290 e. The van der Waals surface area contributed by atoms with Crippen LogP contribution in [0, 0.1) is 10.1 Å². The summed E-state index contributed by atoms with van der Waals surface area (Å²) in [7, 11) is 0. The van der Waals surface area contributed by atoms with Crippen molar-refractivity contribution in [1.82, 2.24) is 19.6 Å². The standard InChI is InChI=1S/C21H23N5O2/c27-26(28)20-15-22-25(16-20)17-23-11-13-24(14-12-23)21(18-7-3-1-4-8-18)19-9-5-2-6-10-19/h1-10,15-16,21H,11-14,17H2. The van der Waals surface area contributed by atoms with Gasteiger partial charge in [0.15, 0.2) is 0 Å². The van der Waals surface area contributed by atoms with E-state index in [-0.39, 0.29) is 11.7 Å². The Morgan fingerprint density at radius 2 is 1.50 bits per heavy atom. The molecule has 2 heterocycles. The summed E-state index contributed by atoms with van der Waals surface area (Å²) in [6.45, 7) is 4.21. The molecule has 0 spiro atoms. The molecule has 0 atom stereocenters. The fourth-order valence-corrected chi connectivity index (χ4v) is 3.78. The van der Waals surface area contributed by atoms with Crippen molar-refractivity contribution in [2.45, 2.75) is 12.7 Å². The maximum absolute atomic E-state index is 10.8. The van der Waals surface area contributed by atoms with Crippen LogP contribution in [0.1, 0.15) is 17.2 Å². The predicted molar refractivity (Wildman–Crippen MR) is 107 cm³/mol. The molecule has 7 nitrogen and oxygen atoms in total. The van der Waals surface area contributed by atoms with Crippen molar-refractivity contribution < 1.29 is 4.92 Å². The van der Waals surface area contributed by atoms with Crippen LogP contribution >= 0.6 is 0 Å². The van der Waals surface area contributed by atoms with Gasteiger partial charge >= 0.3 is 5.69 Å². The van der Waals surface area contributed by atoms with E-state index in [4.69, 9.17) is 0 Å². The van der Waals surface area contributed by atoms with Crippen LogP contribution in [0.15, 0.2) is 73.1 Å². The zero-order valence-electron chi connectivity index (χ0n) is 15.6. The molecule has 4 rings (SSSR count). The molecule has 0 radical (unpaired) electrons. The number of hydrogen-bond acceptors (Lipinski definition) is 5. The van der Waals surface area contributed by atoms with Crippen LogP contribution in [0.5, 0.6) is 0 Å². The number of piperazine rings is 1. The molecular formula is C21H23N5O2. The van der Waals surface area contributed by atoms with E-state index in [1.807, 2.05) is 12.1 Å². The Bertz CT molecular complexity index is 865. The molecule has 1 aliphatic rings. The van der Waals surface area contributed by atoms with E-state index in [2.05, 4.69) is 63.4 Å². The van der Waals surface area contributed by atoms with Gasteiger partial charge in [-0.1, -0.05) is 60.7 Å². The average Bonchev–Trinajstić information content (AvgIpc) is 3.20. The summed E-state index contributed by atoms with van der Waals surface area (Å²) in [6, 6.07) is 21.4. The molecular weight excluding hydrogens is 354 g/mol. The summed E-state index contributed by atoms with van der Waals surface area (Å²) in [5.74, 6) is 0. The average molecular weight is 377 g/mol. The molecule has 144 valence electrons. The molecule has 0 unspecified atom stereocenters.